The maximum Gasteiger partial charge on any atom is 0.207 e. The molecule has 0 unspecified atom stereocenters. The summed E-state index contributed by atoms with van der Waals surface area (Å²) in [5.41, 5.74) is 0. The number of carbonyl (C=O) groups excluding carboxylic acids is 1. The first kappa shape index (κ1) is 9.50. The Kier molecular flexibility index (Phi) is 3.82. The van der Waals surface area contributed by atoms with Gasteiger partial charge >= 0.3 is 0 Å². The van der Waals surface area contributed by atoms with Crippen LogP contribution in [-0.2, 0) is 4.79 Å². The van der Waals surface area contributed by atoms with E-state index >= 15 is 0 Å². The number of carbonyl (C=O) groups is 1. The molecule has 0 radical (unpaired) electrons. The van der Waals surface area contributed by atoms with Gasteiger partial charge in [0.15, 0.2) is 0 Å². The van der Waals surface area contributed by atoms with Crippen molar-refractivity contribution in [1.29, 1.82) is 0 Å². The Morgan fingerprint density at radius 1 is 1.56 bits per heavy atom. The molecule has 0 aliphatic heterocycles. The van der Waals surface area contributed by atoms with Crippen molar-refractivity contribution >= 4 is 32.4 Å². The van der Waals surface area contributed by atoms with Gasteiger partial charge in [0, 0.05) is 4.75 Å². The highest BCUT2D eigenvalue weighted by Gasteiger charge is 2.11. The van der Waals surface area contributed by atoms with Crippen molar-refractivity contribution in [1.82, 2.24) is 0 Å². The second-order valence-corrected chi connectivity index (χ2v) is 5.44. The minimum atomic E-state index is 0.0717. The number of halogens is 1. The maximum atomic E-state index is 10.4. The Bertz CT molecular complexity index is 106. The van der Waals surface area contributed by atoms with E-state index in [2.05, 4.69) is 36.7 Å². The Hall–Kier alpha value is 0.500. The third kappa shape index (κ3) is 8.50. The van der Waals surface area contributed by atoms with Gasteiger partial charge in [-0.1, -0.05) is 20.8 Å². The molecule has 0 bridgehead atoms. The van der Waals surface area contributed by atoms with Crippen molar-refractivity contribution in [3.8, 4) is 0 Å². The normalized spacial score (nSPS) is 11.6. The van der Waals surface area contributed by atoms with Crippen LogP contribution in [0.3, 0.4) is 0 Å². The van der Waals surface area contributed by atoms with Gasteiger partial charge in [0.25, 0.3) is 0 Å². The smallest absolute Gasteiger partial charge is 0.207 e. The summed E-state index contributed by atoms with van der Waals surface area (Å²) in [7, 11) is 0. The number of thioether (sulfide) groups is 1. The second-order valence-electron chi connectivity index (χ2n) is 2.76. The van der Waals surface area contributed by atoms with Crippen LogP contribution in [0.5, 0.6) is 0 Å². The van der Waals surface area contributed by atoms with Crippen molar-refractivity contribution in [2.75, 3.05) is 5.75 Å². The van der Waals surface area contributed by atoms with Crippen LogP contribution in [-0.4, -0.2) is 15.2 Å². The lowest BCUT2D eigenvalue weighted by molar-refractivity contribution is -0.108. The molecule has 0 aliphatic carbocycles. The van der Waals surface area contributed by atoms with Crippen molar-refractivity contribution in [3.63, 3.8) is 0 Å². The third-order valence-electron chi connectivity index (χ3n) is 0.619. The summed E-state index contributed by atoms with van der Waals surface area (Å²) in [6.07, 6.45) is 0. The van der Waals surface area contributed by atoms with E-state index in [4.69, 9.17) is 0 Å². The van der Waals surface area contributed by atoms with E-state index in [1.54, 1.807) is 11.8 Å². The Labute approximate surface area is 68.7 Å². The van der Waals surface area contributed by atoms with Gasteiger partial charge in [0.1, 0.15) is 0 Å². The standard InChI is InChI=1S/C6H11BrOS/c1-6(2,3)9-4-5(7)8/h4H2,1-3H3. The maximum absolute atomic E-state index is 10.4. The third-order valence-corrected chi connectivity index (χ3v) is 2.54. The van der Waals surface area contributed by atoms with Crippen LogP contribution < -0.4 is 0 Å². The first-order chi connectivity index (χ1) is 3.92. The van der Waals surface area contributed by atoms with Gasteiger partial charge in [-0.15, -0.1) is 11.8 Å². The minimum Gasteiger partial charge on any atom is -0.286 e. The van der Waals surface area contributed by atoms with Crippen LogP contribution in [0.1, 0.15) is 20.8 Å². The molecule has 9 heavy (non-hydrogen) atoms. The highest BCUT2D eigenvalue weighted by atomic mass is 79.9. The van der Waals surface area contributed by atoms with Crippen LogP contribution in [0.25, 0.3) is 0 Å². The molecular weight excluding hydrogens is 200 g/mol. The van der Waals surface area contributed by atoms with Crippen molar-refractivity contribution in [2.45, 2.75) is 25.5 Å². The molecule has 0 aliphatic rings. The van der Waals surface area contributed by atoms with Gasteiger partial charge in [0.05, 0.1) is 5.75 Å². The van der Waals surface area contributed by atoms with Gasteiger partial charge in [-0.25, -0.2) is 0 Å². The molecule has 0 heterocycles. The summed E-state index contributed by atoms with van der Waals surface area (Å²) in [5.74, 6) is 0.559. The molecule has 0 saturated heterocycles. The largest absolute Gasteiger partial charge is 0.286 e. The average molecular weight is 211 g/mol. The van der Waals surface area contributed by atoms with Gasteiger partial charge in [-0.05, 0) is 15.9 Å². The predicted molar refractivity (Wildman–Crippen MR) is 46.1 cm³/mol. The molecule has 1 nitrogen and oxygen atoms in total. The molecule has 0 saturated carbocycles. The Balaban J connectivity index is 3.39. The number of hydrogen-bond donors (Lipinski definition) is 0. The first-order valence-electron chi connectivity index (χ1n) is 2.74. The van der Waals surface area contributed by atoms with Crippen LogP contribution in [0.4, 0.5) is 0 Å². The monoisotopic (exact) mass is 210 g/mol. The fraction of sp³-hybridized carbons (Fsp3) is 0.833. The van der Waals surface area contributed by atoms with Gasteiger partial charge in [-0.3, -0.25) is 4.79 Å². The summed E-state index contributed by atoms with van der Waals surface area (Å²) in [5, 5.41) is 0. The summed E-state index contributed by atoms with van der Waals surface area (Å²) in [6.45, 7) is 6.27. The van der Waals surface area contributed by atoms with Crippen LogP contribution in [0.2, 0.25) is 0 Å². The summed E-state index contributed by atoms with van der Waals surface area (Å²) < 4.78 is 0.270. The van der Waals surface area contributed by atoms with Crippen molar-refractivity contribution < 1.29 is 4.79 Å². The fourth-order valence-corrected chi connectivity index (χ4v) is 1.16. The molecule has 0 N–H and O–H groups in total. The molecule has 0 aromatic rings. The molecular formula is C6H11BrOS. The van der Waals surface area contributed by atoms with Crippen molar-refractivity contribution in [3.05, 3.63) is 0 Å². The van der Waals surface area contributed by atoms with E-state index in [-0.39, 0.29) is 9.44 Å². The Morgan fingerprint density at radius 3 is 2.11 bits per heavy atom. The molecule has 0 fully saturated rings. The van der Waals surface area contributed by atoms with E-state index < -0.39 is 0 Å². The zero-order chi connectivity index (χ0) is 7.49. The highest BCUT2D eigenvalue weighted by Crippen LogP contribution is 2.23. The molecule has 3 heteroatoms. The molecule has 0 amide bonds. The SMILES string of the molecule is CC(C)(C)SCC(=O)Br. The molecule has 54 valence electrons. The lowest BCUT2D eigenvalue weighted by Gasteiger charge is -2.15. The van der Waals surface area contributed by atoms with E-state index in [0.717, 1.165) is 0 Å². The van der Waals surface area contributed by atoms with E-state index in [0.29, 0.717) is 5.75 Å². The van der Waals surface area contributed by atoms with E-state index in [1.807, 2.05) is 0 Å². The van der Waals surface area contributed by atoms with E-state index in [1.165, 1.54) is 0 Å². The zero-order valence-corrected chi connectivity index (χ0v) is 8.30. The molecule has 0 spiro atoms. The van der Waals surface area contributed by atoms with Crippen molar-refractivity contribution in [2.24, 2.45) is 0 Å². The van der Waals surface area contributed by atoms with Gasteiger partial charge in [-0.2, -0.15) is 0 Å². The van der Waals surface area contributed by atoms with Crippen LogP contribution in [0.15, 0.2) is 0 Å². The van der Waals surface area contributed by atoms with Crippen LogP contribution in [0, 0.1) is 0 Å². The summed E-state index contributed by atoms with van der Waals surface area (Å²) in [4.78, 5) is 10.4. The van der Waals surface area contributed by atoms with Gasteiger partial charge < -0.3 is 0 Å². The van der Waals surface area contributed by atoms with Gasteiger partial charge in [0.2, 0.25) is 4.69 Å². The predicted octanol–water partition coefficient (Wildman–Crippen LogP) is 2.44. The summed E-state index contributed by atoms with van der Waals surface area (Å²) in [6, 6.07) is 0. The lowest BCUT2D eigenvalue weighted by Crippen LogP contribution is -2.09. The van der Waals surface area contributed by atoms with Crippen LogP contribution >= 0.6 is 27.7 Å². The molecule has 0 atom stereocenters. The minimum absolute atomic E-state index is 0.0717. The topological polar surface area (TPSA) is 17.1 Å². The first-order valence-corrected chi connectivity index (χ1v) is 4.52. The fourth-order valence-electron chi connectivity index (χ4n) is 0.273. The average Bonchev–Trinajstić information content (AvgIpc) is 1.59. The highest BCUT2D eigenvalue weighted by molar-refractivity contribution is 9.18. The molecule has 0 rings (SSSR count). The zero-order valence-electron chi connectivity index (χ0n) is 5.90. The lowest BCUT2D eigenvalue weighted by atomic mass is 10.3. The van der Waals surface area contributed by atoms with E-state index in [9.17, 15) is 4.79 Å². The molecule has 0 aromatic heterocycles. The summed E-state index contributed by atoms with van der Waals surface area (Å²) >= 11 is 4.51. The quantitative estimate of drug-likeness (QED) is 0.652. The Morgan fingerprint density at radius 2 is 2.00 bits per heavy atom. The second kappa shape index (κ2) is 3.62. The molecule has 0 aromatic carbocycles. The number of rotatable bonds is 2. The number of hydrogen-bond acceptors (Lipinski definition) is 2.